The fourth-order valence-electron chi connectivity index (χ4n) is 6.06. The van der Waals surface area contributed by atoms with E-state index in [4.69, 9.17) is 5.73 Å². The van der Waals surface area contributed by atoms with E-state index in [2.05, 4.69) is 34.3 Å². The minimum Gasteiger partial charge on any atom is -0.381 e. The molecule has 2 aromatic rings. The van der Waals surface area contributed by atoms with Crippen molar-refractivity contribution in [2.24, 2.45) is 5.92 Å². The van der Waals surface area contributed by atoms with E-state index in [1.807, 2.05) is 16.7 Å². The second kappa shape index (κ2) is 11.6. The number of amides is 2. The van der Waals surface area contributed by atoms with Crippen LogP contribution in [0.25, 0.3) is 0 Å². The average molecular weight is 560 g/mol. The molecule has 3 aliphatic heterocycles. The van der Waals surface area contributed by atoms with Crippen molar-refractivity contribution in [3.63, 3.8) is 0 Å². The first-order valence-electron chi connectivity index (χ1n) is 14.1. The second-order valence-corrected chi connectivity index (χ2v) is 11.2. The Balaban J connectivity index is 1.31. The van der Waals surface area contributed by atoms with E-state index in [9.17, 15) is 14.0 Å². The monoisotopic (exact) mass is 559 g/mol. The largest absolute Gasteiger partial charge is 0.381 e. The zero-order valence-corrected chi connectivity index (χ0v) is 23.4. The molecule has 2 saturated heterocycles. The van der Waals surface area contributed by atoms with Crippen molar-refractivity contribution in [2.45, 2.75) is 51.9 Å². The zero-order chi connectivity index (χ0) is 28.6. The van der Waals surface area contributed by atoms with Gasteiger partial charge < -0.3 is 30.7 Å². The molecule has 2 amide bonds. The predicted octanol–water partition coefficient (Wildman–Crippen LogP) is 2.20. The molecule has 5 rings (SSSR count). The molecule has 11 nitrogen and oxygen atoms in total. The quantitative estimate of drug-likeness (QED) is 0.554. The van der Waals surface area contributed by atoms with Gasteiger partial charge in [-0.3, -0.25) is 14.6 Å². The first-order valence-corrected chi connectivity index (χ1v) is 14.1. The van der Waals surface area contributed by atoms with Gasteiger partial charge in [0.15, 0.2) is 11.6 Å². The van der Waals surface area contributed by atoms with Crippen LogP contribution in [-0.4, -0.2) is 101 Å². The fraction of sp³-hybridized carbons (Fsp3) is 0.630. The number of carbonyl (C=O) groups excluding carboxylic acids is 2. The Hall–Kier alpha value is -3.48. The molecule has 2 atom stereocenters. The van der Waals surface area contributed by atoms with E-state index in [0.29, 0.717) is 50.9 Å². The fourth-order valence-corrected chi connectivity index (χ4v) is 6.06. The maximum absolute atomic E-state index is 15.2. The van der Waals surface area contributed by atoms with Gasteiger partial charge in [0.2, 0.25) is 5.91 Å². The molecule has 0 radical (unpaired) electrons. The van der Waals surface area contributed by atoms with Crippen LogP contribution in [0.2, 0.25) is 0 Å². The molecule has 0 saturated carbocycles. The summed E-state index contributed by atoms with van der Waals surface area (Å²) in [7, 11) is 2.07. The van der Waals surface area contributed by atoms with Crippen LogP contribution in [-0.2, 0) is 11.3 Å². The number of rotatable bonds is 6. The highest BCUT2D eigenvalue weighted by Crippen LogP contribution is 2.35. The van der Waals surface area contributed by atoms with E-state index in [0.717, 1.165) is 25.7 Å². The number of pyridine rings is 1. The molecule has 0 aromatic carbocycles. The number of alkyl halides is 1. The van der Waals surface area contributed by atoms with Gasteiger partial charge in [-0.2, -0.15) is 5.10 Å². The number of likely N-dealkylation sites (N-methyl/N-ethyl adjacent to an activating group) is 1. The number of halogens is 2. The van der Waals surface area contributed by atoms with Crippen LogP contribution in [0.5, 0.6) is 0 Å². The Bertz CT molecular complexity index is 1250. The number of nitrogens with zero attached hydrogens (tertiary/aromatic N) is 7. The summed E-state index contributed by atoms with van der Waals surface area (Å²) in [6.45, 7) is 8.02. The first kappa shape index (κ1) is 28.1. The summed E-state index contributed by atoms with van der Waals surface area (Å²) < 4.78 is 30.9. The number of anilines is 4. The molecule has 1 unspecified atom stereocenters. The molecule has 0 aliphatic carbocycles. The van der Waals surface area contributed by atoms with E-state index in [1.54, 1.807) is 4.90 Å². The van der Waals surface area contributed by atoms with Gasteiger partial charge in [0.05, 0.1) is 31.2 Å². The molecule has 2 aromatic heterocycles. The standard InChI is InChI=1S/C27H39F2N9O2/c1-4-7-36-15-19(28)16-38-26(36)22(24(30)33-38)25(39)32-21-13-31-12-20(29)23(21)35-8-5-18(6-9-35)27(40)37-11-10-34(3)17(2)14-37/h12-13,17-19H,4-11,14-16H2,1-3H3,(H2,30,33)(H,32,39)/t17-,19?/m1/s1. The highest BCUT2D eigenvalue weighted by molar-refractivity contribution is 6.12. The number of piperidine rings is 1. The lowest BCUT2D eigenvalue weighted by molar-refractivity contribution is -0.138. The molecule has 40 heavy (non-hydrogen) atoms. The maximum Gasteiger partial charge on any atom is 0.263 e. The van der Waals surface area contributed by atoms with E-state index in [1.165, 1.54) is 10.9 Å². The van der Waals surface area contributed by atoms with Crippen LogP contribution >= 0.6 is 0 Å². The van der Waals surface area contributed by atoms with E-state index in [-0.39, 0.29) is 47.7 Å². The summed E-state index contributed by atoms with van der Waals surface area (Å²) in [6.07, 6.45) is 3.34. The Morgan fingerprint density at radius 1 is 1.12 bits per heavy atom. The number of carbonyl (C=O) groups is 2. The number of aromatic nitrogens is 3. The number of hydrogen-bond acceptors (Lipinski definition) is 8. The number of nitrogen functional groups attached to an aromatic ring is 1. The third-order valence-corrected chi connectivity index (χ3v) is 8.32. The molecule has 0 bridgehead atoms. The molecule has 3 N–H and O–H groups in total. The van der Waals surface area contributed by atoms with Crippen LogP contribution in [0, 0.1) is 11.7 Å². The zero-order valence-electron chi connectivity index (χ0n) is 23.4. The Labute approximate surface area is 233 Å². The highest BCUT2D eigenvalue weighted by atomic mass is 19.1. The lowest BCUT2D eigenvalue weighted by Crippen LogP contribution is -2.54. The number of nitrogens with two attached hydrogens (primary N) is 1. The van der Waals surface area contributed by atoms with Crippen molar-refractivity contribution in [3.05, 3.63) is 23.8 Å². The second-order valence-electron chi connectivity index (χ2n) is 11.2. The molecular weight excluding hydrogens is 520 g/mol. The Kier molecular flexibility index (Phi) is 8.11. The molecular formula is C27H39F2N9O2. The summed E-state index contributed by atoms with van der Waals surface area (Å²) in [6, 6.07) is 0.318. The van der Waals surface area contributed by atoms with Crippen molar-refractivity contribution < 1.29 is 18.4 Å². The van der Waals surface area contributed by atoms with Crippen LogP contribution in [0.15, 0.2) is 12.4 Å². The molecule has 2 fully saturated rings. The van der Waals surface area contributed by atoms with Gasteiger partial charge in [-0.15, -0.1) is 0 Å². The minimum atomic E-state index is -1.12. The van der Waals surface area contributed by atoms with Crippen molar-refractivity contribution in [3.8, 4) is 0 Å². The average Bonchev–Trinajstić information content (AvgIpc) is 3.26. The molecule has 5 heterocycles. The smallest absolute Gasteiger partial charge is 0.263 e. The molecule has 218 valence electrons. The predicted molar refractivity (Wildman–Crippen MR) is 150 cm³/mol. The van der Waals surface area contributed by atoms with Crippen LogP contribution in [0.1, 0.15) is 43.5 Å². The third kappa shape index (κ3) is 5.43. The van der Waals surface area contributed by atoms with Gasteiger partial charge in [0.1, 0.15) is 23.2 Å². The van der Waals surface area contributed by atoms with Gasteiger partial charge in [0.25, 0.3) is 5.91 Å². The van der Waals surface area contributed by atoms with Crippen molar-refractivity contribution in [2.75, 3.05) is 73.7 Å². The number of hydrogen-bond donors (Lipinski definition) is 2. The summed E-state index contributed by atoms with van der Waals surface area (Å²) in [4.78, 5) is 38.5. The van der Waals surface area contributed by atoms with Crippen LogP contribution in [0.3, 0.4) is 0 Å². The third-order valence-electron chi connectivity index (χ3n) is 8.32. The summed E-state index contributed by atoms with van der Waals surface area (Å²) >= 11 is 0. The summed E-state index contributed by atoms with van der Waals surface area (Å²) in [5, 5.41) is 7.01. The highest BCUT2D eigenvalue weighted by Gasteiger charge is 2.35. The number of nitrogens with one attached hydrogen (secondary N) is 1. The minimum absolute atomic E-state index is 0.00818. The Morgan fingerprint density at radius 3 is 2.58 bits per heavy atom. The van der Waals surface area contributed by atoms with Gasteiger partial charge in [0, 0.05) is 51.2 Å². The van der Waals surface area contributed by atoms with Crippen molar-refractivity contribution in [1.82, 2.24) is 24.6 Å². The van der Waals surface area contributed by atoms with Gasteiger partial charge >= 0.3 is 0 Å². The number of fused-ring (bicyclic) bond motifs is 1. The lowest BCUT2D eigenvalue weighted by atomic mass is 9.94. The van der Waals surface area contributed by atoms with Gasteiger partial charge in [-0.05, 0) is 33.2 Å². The first-order chi connectivity index (χ1) is 19.2. The van der Waals surface area contributed by atoms with E-state index < -0.39 is 17.9 Å². The molecule has 0 spiro atoms. The van der Waals surface area contributed by atoms with Crippen molar-refractivity contribution in [1.29, 1.82) is 0 Å². The molecule has 13 heteroatoms. The maximum atomic E-state index is 15.2. The van der Waals surface area contributed by atoms with Crippen LogP contribution in [0.4, 0.5) is 31.8 Å². The van der Waals surface area contributed by atoms with Gasteiger partial charge in [-0.1, -0.05) is 6.92 Å². The Morgan fingerprint density at radius 2 is 1.88 bits per heavy atom. The summed E-state index contributed by atoms with van der Waals surface area (Å²) in [5.74, 6) is -0.608. The number of piperazine rings is 1. The summed E-state index contributed by atoms with van der Waals surface area (Å²) in [5.41, 5.74) is 6.72. The van der Waals surface area contributed by atoms with Gasteiger partial charge in [-0.25, -0.2) is 13.5 Å². The topological polar surface area (TPSA) is 116 Å². The lowest BCUT2D eigenvalue weighted by Gasteiger charge is -2.41. The van der Waals surface area contributed by atoms with E-state index >= 15 is 4.39 Å². The SMILES string of the molecule is CCCN1CC(F)Cn2nc(N)c(C(=O)Nc3cncc(F)c3N3CCC(C(=O)N4CCN(C)[C@H](C)C4)CC3)c21. The van der Waals surface area contributed by atoms with Crippen LogP contribution < -0.4 is 20.9 Å². The van der Waals surface area contributed by atoms with Crippen molar-refractivity contribution >= 4 is 34.8 Å². The normalized spacial score (nSPS) is 22.4. The molecule has 3 aliphatic rings.